The maximum atomic E-state index is 12.2. The number of hydrogen-bond donors (Lipinski definition) is 1. The van der Waals surface area contributed by atoms with Gasteiger partial charge in [-0.25, -0.2) is 8.42 Å². The molecule has 1 N–H and O–H groups in total. The van der Waals surface area contributed by atoms with E-state index >= 15 is 0 Å². The van der Waals surface area contributed by atoms with Gasteiger partial charge in [0.25, 0.3) is 5.91 Å². The minimum absolute atomic E-state index is 0.0687. The second-order valence-electron chi connectivity index (χ2n) is 5.53. The van der Waals surface area contributed by atoms with Crippen LogP contribution >= 0.6 is 0 Å². The molecule has 1 aromatic rings. The number of amides is 2. The summed E-state index contributed by atoms with van der Waals surface area (Å²) in [6, 6.07) is 5.74. The number of hydrogen-bond acceptors (Lipinski definition) is 5. The number of rotatable bonds is 4. The molecule has 1 saturated heterocycles. The van der Waals surface area contributed by atoms with E-state index in [-0.39, 0.29) is 29.2 Å². The predicted octanol–water partition coefficient (Wildman–Crippen LogP) is 0.792. The van der Waals surface area contributed by atoms with Gasteiger partial charge < -0.3 is 5.32 Å². The summed E-state index contributed by atoms with van der Waals surface area (Å²) in [5.74, 6) is -0.369. The maximum Gasteiger partial charge on any atom is 0.252 e. The lowest BCUT2D eigenvalue weighted by molar-refractivity contribution is -0.139. The quantitative estimate of drug-likeness (QED) is 0.832. The molecule has 1 aromatic carbocycles. The van der Waals surface area contributed by atoms with E-state index in [1.165, 1.54) is 17.0 Å². The van der Waals surface area contributed by atoms with Crippen LogP contribution in [0.5, 0.6) is 0 Å². The maximum absolute atomic E-state index is 12.2. The van der Waals surface area contributed by atoms with Crippen molar-refractivity contribution in [1.29, 1.82) is 0 Å². The summed E-state index contributed by atoms with van der Waals surface area (Å²) in [7, 11) is -3.30. The molecule has 0 bridgehead atoms. The first-order valence-electron chi connectivity index (χ1n) is 6.79. The first-order valence-corrected chi connectivity index (χ1v) is 8.68. The number of likely N-dealkylation sites (tertiary alicyclic amines) is 1. The summed E-state index contributed by atoms with van der Waals surface area (Å²) in [5, 5.41) is 2.97. The number of carbonyl (C=O) groups is 2. The van der Waals surface area contributed by atoms with Crippen LogP contribution in [0.3, 0.4) is 0 Å². The second-order valence-corrected chi connectivity index (χ2v) is 7.55. The largest absolute Gasteiger partial charge is 0.373 e. The van der Waals surface area contributed by atoms with Gasteiger partial charge in [0, 0.05) is 18.0 Å². The molecule has 1 saturated carbocycles. The van der Waals surface area contributed by atoms with Gasteiger partial charge in [-0.3, -0.25) is 14.5 Å². The standard InChI is InChI=1S/C14H16N2O4S/c1-21(19,20)11-4-2-3-9(7-11)15-12-8-13(17)16(14(12)18)10-5-6-10/h2-4,7,10,12,15H,5-6,8H2,1H3. The van der Waals surface area contributed by atoms with Crippen LogP contribution in [0.2, 0.25) is 0 Å². The highest BCUT2D eigenvalue weighted by molar-refractivity contribution is 7.90. The van der Waals surface area contributed by atoms with E-state index in [1.807, 2.05) is 0 Å². The van der Waals surface area contributed by atoms with Crippen LogP contribution in [0, 0.1) is 0 Å². The molecule has 1 heterocycles. The number of anilines is 1. The summed E-state index contributed by atoms with van der Waals surface area (Å²) in [6.45, 7) is 0. The van der Waals surface area contributed by atoms with Gasteiger partial charge in [0.2, 0.25) is 5.91 Å². The van der Waals surface area contributed by atoms with Crippen molar-refractivity contribution in [1.82, 2.24) is 4.90 Å². The van der Waals surface area contributed by atoms with Crippen molar-refractivity contribution in [3.05, 3.63) is 24.3 Å². The van der Waals surface area contributed by atoms with Gasteiger partial charge in [-0.15, -0.1) is 0 Å². The Balaban J connectivity index is 1.78. The Labute approximate surface area is 123 Å². The summed E-state index contributed by atoms with van der Waals surface area (Å²) in [4.78, 5) is 25.6. The van der Waals surface area contributed by atoms with Gasteiger partial charge in [0.1, 0.15) is 6.04 Å². The SMILES string of the molecule is CS(=O)(=O)c1cccc(NC2CC(=O)N(C3CC3)C2=O)c1. The van der Waals surface area contributed by atoms with Crippen LogP contribution in [0.15, 0.2) is 29.2 Å². The van der Waals surface area contributed by atoms with E-state index in [2.05, 4.69) is 5.32 Å². The molecule has 1 unspecified atom stereocenters. The number of sulfone groups is 1. The fourth-order valence-electron chi connectivity index (χ4n) is 2.50. The smallest absolute Gasteiger partial charge is 0.252 e. The minimum atomic E-state index is -3.30. The fourth-order valence-corrected chi connectivity index (χ4v) is 3.16. The first-order chi connectivity index (χ1) is 9.86. The molecule has 6 nitrogen and oxygen atoms in total. The highest BCUT2D eigenvalue weighted by Gasteiger charge is 2.46. The van der Waals surface area contributed by atoms with E-state index < -0.39 is 15.9 Å². The lowest BCUT2D eigenvalue weighted by Gasteiger charge is -2.15. The minimum Gasteiger partial charge on any atom is -0.373 e. The van der Waals surface area contributed by atoms with Gasteiger partial charge in [-0.2, -0.15) is 0 Å². The first kappa shape index (κ1) is 14.1. The van der Waals surface area contributed by atoms with Gasteiger partial charge in [0.15, 0.2) is 9.84 Å². The van der Waals surface area contributed by atoms with Crippen molar-refractivity contribution < 1.29 is 18.0 Å². The van der Waals surface area contributed by atoms with E-state index in [4.69, 9.17) is 0 Å². The van der Waals surface area contributed by atoms with Crippen LogP contribution in [-0.2, 0) is 19.4 Å². The highest BCUT2D eigenvalue weighted by Crippen LogP contribution is 2.32. The molecule has 7 heteroatoms. The number of nitrogens with one attached hydrogen (secondary N) is 1. The summed E-state index contributed by atoms with van der Waals surface area (Å²) in [6.07, 6.45) is 3.02. The molecule has 2 aliphatic rings. The molecule has 2 amide bonds. The van der Waals surface area contributed by atoms with E-state index in [0.717, 1.165) is 19.1 Å². The number of nitrogens with zero attached hydrogens (tertiary/aromatic N) is 1. The monoisotopic (exact) mass is 308 g/mol. The summed E-state index contributed by atoms with van der Waals surface area (Å²) < 4.78 is 23.1. The van der Waals surface area contributed by atoms with Crippen LogP contribution in [0.4, 0.5) is 5.69 Å². The molecule has 3 rings (SSSR count). The fraction of sp³-hybridized carbons (Fsp3) is 0.429. The Morgan fingerprint density at radius 1 is 1.24 bits per heavy atom. The molecule has 1 aliphatic heterocycles. The Morgan fingerprint density at radius 3 is 2.57 bits per heavy atom. The average Bonchev–Trinajstić information content (AvgIpc) is 3.18. The molecule has 2 fully saturated rings. The molecule has 112 valence electrons. The third kappa shape index (κ3) is 2.78. The Hall–Kier alpha value is -1.89. The van der Waals surface area contributed by atoms with Crippen LogP contribution in [0.1, 0.15) is 19.3 Å². The molecule has 0 aromatic heterocycles. The van der Waals surface area contributed by atoms with E-state index in [0.29, 0.717) is 5.69 Å². The van der Waals surface area contributed by atoms with E-state index in [9.17, 15) is 18.0 Å². The highest BCUT2D eigenvalue weighted by atomic mass is 32.2. The van der Waals surface area contributed by atoms with Crippen LogP contribution in [0.25, 0.3) is 0 Å². The zero-order valence-corrected chi connectivity index (χ0v) is 12.4. The Morgan fingerprint density at radius 2 is 1.95 bits per heavy atom. The topological polar surface area (TPSA) is 83.6 Å². The predicted molar refractivity (Wildman–Crippen MR) is 76.5 cm³/mol. The number of benzene rings is 1. The van der Waals surface area contributed by atoms with Gasteiger partial charge in [-0.05, 0) is 31.0 Å². The van der Waals surface area contributed by atoms with Crippen LogP contribution in [-0.4, -0.2) is 43.5 Å². The van der Waals surface area contributed by atoms with Crippen molar-refractivity contribution in [3.8, 4) is 0 Å². The van der Waals surface area contributed by atoms with Crippen molar-refractivity contribution in [2.75, 3.05) is 11.6 Å². The van der Waals surface area contributed by atoms with Crippen LogP contribution < -0.4 is 5.32 Å². The molecule has 0 spiro atoms. The van der Waals surface area contributed by atoms with E-state index in [1.54, 1.807) is 12.1 Å². The number of carbonyl (C=O) groups excluding carboxylic acids is 2. The van der Waals surface area contributed by atoms with Gasteiger partial charge in [0.05, 0.1) is 11.3 Å². The number of imide groups is 1. The third-order valence-electron chi connectivity index (χ3n) is 3.70. The lowest BCUT2D eigenvalue weighted by Crippen LogP contribution is -2.36. The normalized spacial score (nSPS) is 22.7. The Bertz CT molecular complexity index is 709. The second kappa shape index (κ2) is 4.84. The lowest BCUT2D eigenvalue weighted by atomic mass is 10.2. The molecule has 1 atom stereocenters. The summed E-state index contributed by atoms with van der Waals surface area (Å²) in [5.41, 5.74) is 0.529. The van der Waals surface area contributed by atoms with Gasteiger partial charge in [-0.1, -0.05) is 6.07 Å². The third-order valence-corrected chi connectivity index (χ3v) is 4.81. The molecule has 21 heavy (non-hydrogen) atoms. The molecule has 1 aliphatic carbocycles. The Kier molecular flexibility index (Phi) is 3.24. The van der Waals surface area contributed by atoms with Gasteiger partial charge >= 0.3 is 0 Å². The molecule has 0 radical (unpaired) electrons. The van der Waals surface area contributed by atoms with Crippen molar-refractivity contribution in [2.45, 2.75) is 36.2 Å². The zero-order chi connectivity index (χ0) is 15.2. The van der Waals surface area contributed by atoms with Crippen molar-refractivity contribution in [3.63, 3.8) is 0 Å². The molecular weight excluding hydrogens is 292 g/mol. The average molecular weight is 308 g/mol. The molecular formula is C14H16N2O4S. The summed E-state index contributed by atoms with van der Waals surface area (Å²) >= 11 is 0. The van der Waals surface area contributed by atoms with Crippen molar-refractivity contribution in [2.24, 2.45) is 0 Å². The van der Waals surface area contributed by atoms with Crippen molar-refractivity contribution >= 4 is 27.3 Å². The zero-order valence-electron chi connectivity index (χ0n) is 11.6.